The van der Waals surface area contributed by atoms with Gasteiger partial charge < -0.3 is 10.5 Å². The molecule has 0 fully saturated rings. The minimum Gasteiger partial charge on any atom is -0.389 e. The summed E-state index contributed by atoms with van der Waals surface area (Å²) in [4.78, 5) is 0.0790. The third-order valence-electron chi connectivity index (χ3n) is 2.49. The molecule has 0 heterocycles. The van der Waals surface area contributed by atoms with Gasteiger partial charge in [-0.05, 0) is 12.5 Å². The van der Waals surface area contributed by atoms with Crippen molar-refractivity contribution in [2.45, 2.75) is 32.8 Å². The fourth-order valence-corrected chi connectivity index (χ4v) is 1.68. The van der Waals surface area contributed by atoms with Crippen LogP contribution in [0, 0.1) is 5.82 Å². The molecule has 94 valence electrons. The highest BCUT2D eigenvalue weighted by Crippen LogP contribution is 2.14. The lowest BCUT2D eigenvalue weighted by Gasteiger charge is -2.08. The molecule has 0 saturated heterocycles. The smallest absolute Gasteiger partial charge is 0.138 e. The maximum atomic E-state index is 13.9. The molecule has 1 aromatic carbocycles. The number of halogens is 1. The van der Waals surface area contributed by atoms with Gasteiger partial charge in [-0.3, -0.25) is 0 Å². The van der Waals surface area contributed by atoms with Crippen LogP contribution in [0.5, 0.6) is 0 Å². The van der Waals surface area contributed by atoms with Gasteiger partial charge in [-0.2, -0.15) is 0 Å². The molecule has 0 amide bonds. The molecule has 1 aromatic rings. The van der Waals surface area contributed by atoms with Gasteiger partial charge in [-0.25, -0.2) is 4.39 Å². The van der Waals surface area contributed by atoms with Crippen molar-refractivity contribution in [1.82, 2.24) is 0 Å². The Hall–Kier alpha value is -1.00. The highest BCUT2D eigenvalue weighted by Gasteiger charge is 2.09. The van der Waals surface area contributed by atoms with E-state index >= 15 is 0 Å². The fraction of sp³-hybridized carbons (Fsp3) is 0.462. The summed E-state index contributed by atoms with van der Waals surface area (Å²) in [7, 11) is 0. The maximum Gasteiger partial charge on any atom is 0.138 e. The van der Waals surface area contributed by atoms with E-state index in [9.17, 15) is 4.39 Å². The zero-order chi connectivity index (χ0) is 12.7. The molecule has 0 bridgehead atoms. The summed E-state index contributed by atoms with van der Waals surface area (Å²) in [6, 6.07) is 5.01. The second-order valence-electron chi connectivity index (χ2n) is 3.90. The van der Waals surface area contributed by atoms with Crippen molar-refractivity contribution in [2.24, 2.45) is 5.73 Å². The predicted octanol–water partition coefficient (Wildman–Crippen LogP) is 3.17. The van der Waals surface area contributed by atoms with Crippen LogP contribution < -0.4 is 5.73 Å². The number of rotatable bonds is 7. The van der Waals surface area contributed by atoms with Crippen LogP contribution >= 0.6 is 12.2 Å². The van der Waals surface area contributed by atoms with Crippen LogP contribution in [-0.4, -0.2) is 11.6 Å². The summed E-state index contributed by atoms with van der Waals surface area (Å²) in [5.74, 6) is -0.365. The number of unbranched alkanes of at least 4 members (excludes halogenated alkanes) is 2. The number of benzene rings is 1. The summed E-state index contributed by atoms with van der Waals surface area (Å²) >= 11 is 4.78. The van der Waals surface area contributed by atoms with Crippen molar-refractivity contribution >= 4 is 17.2 Å². The Labute approximate surface area is 107 Å². The highest BCUT2D eigenvalue weighted by atomic mass is 32.1. The average Bonchev–Trinajstić information content (AvgIpc) is 2.30. The number of hydrogen-bond donors (Lipinski definition) is 1. The van der Waals surface area contributed by atoms with Gasteiger partial charge in [-0.1, -0.05) is 44.1 Å². The van der Waals surface area contributed by atoms with E-state index in [0.29, 0.717) is 12.2 Å². The number of nitrogens with two attached hydrogens (primary N) is 1. The Kier molecular flexibility index (Phi) is 6.08. The standard InChI is InChI=1S/C13H18FNOS/c1-2-3-4-8-16-9-10-6-5-7-11(12(10)14)13(15)17/h5-7H,2-4,8-9H2,1H3,(H2,15,17). The van der Waals surface area contributed by atoms with E-state index in [4.69, 9.17) is 22.7 Å². The summed E-state index contributed by atoms with van der Waals surface area (Å²) in [6.07, 6.45) is 3.29. The first-order valence-corrected chi connectivity index (χ1v) is 6.22. The fourth-order valence-electron chi connectivity index (χ4n) is 1.52. The molecule has 0 unspecified atom stereocenters. The molecule has 4 heteroatoms. The first-order valence-electron chi connectivity index (χ1n) is 5.81. The zero-order valence-electron chi connectivity index (χ0n) is 10.0. The van der Waals surface area contributed by atoms with E-state index in [0.717, 1.165) is 19.3 Å². The van der Waals surface area contributed by atoms with Crippen molar-refractivity contribution in [2.75, 3.05) is 6.61 Å². The molecule has 0 aliphatic heterocycles. The van der Waals surface area contributed by atoms with E-state index in [1.54, 1.807) is 18.2 Å². The van der Waals surface area contributed by atoms with E-state index in [1.807, 2.05) is 0 Å². The van der Waals surface area contributed by atoms with Gasteiger partial charge in [0.15, 0.2) is 0 Å². The summed E-state index contributed by atoms with van der Waals surface area (Å²) in [5.41, 5.74) is 6.22. The van der Waals surface area contributed by atoms with Gasteiger partial charge in [0.2, 0.25) is 0 Å². The molecular weight excluding hydrogens is 237 g/mol. The van der Waals surface area contributed by atoms with E-state index in [2.05, 4.69) is 6.92 Å². The van der Waals surface area contributed by atoms with Crippen LogP contribution in [0.25, 0.3) is 0 Å². The highest BCUT2D eigenvalue weighted by molar-refractivity contribution is 7.80. The van der Waals surface area contributed by atoms with Crippen LogP contribution in [0.15, 0.2) is 18.2 Å². The van der Waals surface area contributed by atoms with E-state index in [-0.39, 0.29) is 23.0 Å². The van der Waals surface area contributed by atoms with Gasteiger partial charge in [-0.15, -0.1) is 0 Å². The minimum atomic E-state index is -0.365. The summed E-state index contributed by atoms with van der Waals surface area (Å²) in [6.45, 7) is 3.06. The molecular formula is C13H18FNOS. The molecule has 1 rings (SSSR count). The molecule has 2 N–H and O–H groups in total. The largest absolute Gasteiger partial charge is 0.389 e. The molecule has 0 aliphatic carbocycles. The summed E-state index contributed by atoms with van der Waals surface area (Å²) in [5, 5.41) is 0. The number of thiocarbonyl (C=S) groups is 1. The van der Waals surface area contributed by atoms with Crippen molar-refractivity contribution in [1.29, 1.82) is 0 Å². The first-order chi connectivity index (χ1) is 8.16. The van der Waals surface area contributed by atoms with Crippen molar-refractivity contribution in [3.63, 3.8) is 0 Å². The molecule has 0 saturated carbocycles. The molecule has 0 aliphatic rings. The predicted molar refractivity (Wildman–Crippen MR) is 71.5 cm³/mol. The number of ether oxygens (including phenoxy) is 1. The van der Waals surface area contributed by atoms with Gasteiger partial charge in [0.1, 0.15) is 10.8 Å². The van der Waals surface area contributed by atoms with E-state index in [1.165, 1.54) is 0 Å². The SMILES string of the molecule is CCCCCOCc1cccc(C(N)=S)c1F. The Balaban J connectivity index is 2.54. The average molecular weight is 255 g/mol. The van der Waals surface area contributed by atoms with Gasteiger partial charge >= 0.3 is 0 Å². The lowest BCUT2D eigenvalue weighted by Crippen LogP contribution is -2.13. The minimum absolute atomic E-state index is 0.0790. The summed E-state index contributed by atoms with van der Waals surface area (Å²) < 4.78 is 19.3. The topological polar surface area (TPSA) is 35.2 Å². The van der Waals surface area contributed by atoms with Gasteiger partial charge in [0.25, 0.3) is 0 Å². The second kappa shape index (κ2) is 7.35. The zero-order valence-corrected chi connectivity index (χ0v) is 10.9. The quantitative estimate of drug-likeness (QED) is 0.600. The van der Waals surface area contributed by atoms with Crippen LogP contribution in [0.2, 0.25) is 0 Å². The molecule has 0 spiro atoms. The number of hydrogen-bond acceptors (Lipinski definition) is 2. The van der Waals surface area contributed by atoms with Crippen LogP contribution in [-0.2, 0) is 11.3 Å². The molecule has 17 heavy (non-hydrogen) atoms. The van der Waals surface area contributed by atoms with Crippen molar-refractivity contribution in [3.05, 3.63) is 35.1 Å². The lowest BCUT2D eigenvalue weighted by molar-refractivity contribution is 0.115. The third kappa shape index (κ3) is 4.40. The van der Waals surface area contributed by atoms with Crippen molar-refractivity contribution < 1.29 is 9.13 Å². The van der Waals surface area contributed by atoms with Crippen molar-refractivity contribution in [3.8, 4) is 0 Å². The molecule has 2 nitrogen and oxygen atoms in total. The van der Waals surface area contributed by atoms with Crippen LogP contribution in [0.3, 0.4) is 0 Å². The second-order valence-corrected chi connectivity index (χ2v) is 4.34. The Morgan fingerprint density at radius 2 is 2.18 bits per heavy atom. The molecule has 0 atom stereocenters. The maximum absolute atomic E-state index is 13.9. The Morgan fingerprint density at radius 1 is 1.41 bits per heavy atom. The van der Waals surface area contributed by atoms with Crippen LogP contribution in [0.1, 0.15) is 37.3 Å². The van der Waals surface area contributed by atoms with Gasteiger partial charge in [0.05, 0.1) is 6.61 Å². The normalized spacial score (nSPS) is 10.5. The van der Waals surface area contributed by atoms with E-state index < -0.39 is 0 Å². The lowest BCUT2D eigenvalue weighted by atomic mass is 10.1. The molecule has 0 radical (unpaired) electrons. The van der Waals surface area contributed by atoms with Crippen LogP contribution in [0.4, 0.5) is 4.39 Å². The molecule has 0 aromatic heterocycles. The third-order valence-corrected chi connectivity index (χ3v) is 2.71. The van der Waals surface area contributed by atoms with Gasteiger partial charge in [0, 0.05) is 17.7 Å². The first kappa shape index (κ1) is 14.1. The monoisotopic (exact) mass is 255 g/mol. The Bertz CT molecular complexity index is 382. The Morgan fingerprint density at radius 3 is 2.82 bits per heavy atom.